The summed E-state index contributed by atoms with van der Waals surface area (Å²) in [6.45, 7) is 5.14. The number of ether oxygens (including phenoxy) is 1. The van der Waals surface area contributed by atoms with Crippen LogP contribution in [0.2, 0.25) is 10.0 Å². The first-order valence-electron chi connectivity index (χ1n) is 7.37. The summed E-state index contributed by atoms with van der Waals surface area (Å²) in [6, 6.07) is 3.49. The van der Waals surface area contributed by atoms with Gasteiger partial charge in [-0.05, 0) is 37.5 Å². The summed E-state index contributed by atoms with van der Waals surface area (Å²) in [5, 5.41) is 3.14. The van der Waals surface area contributed by atoms with Gasteiger partial charge >= 0.3 is 5.97 Å². The fraction of sp³-hybridized carbons (Fsp3) is 0.438. The number of rotatable bonds is 7. The van der Waals surface area contributed by atoms with E-state index in [0.29, 0.717) is 11.4 Å². The molecule has 0 saturated heterocycles. The molecule has 0 aliphatic rings. The van der Waals surface area contributed by atoms with E-state index in [9.17, 15) is 14.4 Å². The van der Waals surface area contributed by atoms with Crippen LogP contribution in [0.25, 0.3) is 0 Å². The van der Waals surface area contributed by atoms with E-state index >= 15 is 0 Å². The van der Waals surface area contributed by atoms with Gasteiger partial charge in [-0.25, -0.2) is 4.79 Å². The minimum Gasteiger partial charge on any atom is -0.451 e. The summed E-state index contributed by atoms with van der Waals surface area (Å²) in [4.78, 5) is 35.6. The lowest BCUT2D eigenvalue weighted by Gasteiger charge is -2.21. The SMILES string of the molecule is CC(C)C[C@@H](NC(=O)c1ccc(Cl)cc1Cl)C(=O)O[C@@H](C)C(N)=O. The van der Waals surface area contributed by atoms with Crippen molar-refractivity contribution in [1.82, 2.24) is 5.32 Å². The molecular weight excluding hydrogens is 355 g/mol. The summed E-state index contributed by atoms with van der Waals surface area (Å²) in [6.07, 6.45) is -0.746. The molecule has 6 nitrogen and oxygen atoms in total. The van der Waals surface area contributed by atoms with Crippen molar-refractivity contribution in [3.8, 4) is 0 Å². The van der Waals surface area contributed by atoms with Crippen LogP contribution >= 0.6 is 23.2 Å². The van der Waals surface area contributed by atoms with Crippen molar-refractivity contribution in [2.24, 2.45) is 11.7 Å². The highest BCUT2D eigenvalue weighted by molar-refractivity contribution is 6.36. The van der Waals surface area contributed by atoms with E-state index in [-0.39, 0.29) is 16.5 Å². The first kappa shape index (κ1) is 20.3. The van der Waals surface area contributed by atoms with E-state index in [1.54, 1.807) is 0 Å². The Balaban J connectivity index is 2.90. The lowest BCUT2D eigenvalue weighted by molar-refractivity contribution is -0.156. The van der Waals surface area contributed by atoms with Crippen LogP contribution < -0.4 is 11.1 Å². The van der Waals surface area contributed by atoms with Gasteiger partial charge in [-0.3, -0.25) is 9.59 Å². The van der Waals surface area contributed by atoms with Crippen molar-refractivity contribution in [1.29, 1.82) is 0 Å². The molecule has 0 heterocycles. The second-order valence-corrected chi connectivity index (χ2v) is 6.60. The molecule has 0 radical (unpaired) electrons. The van der Waals surface area contributed by atoms with E-state index in [1.165, 1.54) is 25.1 Å². The predicted octanol–water partition coefficient (Wildman–Crippen LogP) is 2.55. The molecule has 24 heavy (non-hydrogen) atoms. The number of carbonyl (C=O) groups is 3. The Morgan fingerprint density at radius 1 is 1.21 bits per heavy atom. The summed E-state index contributed by atoms with van der Waals surface area (Å²) in [5.74, 6) is -1.93. The van der Waals surface area contributed by atoms with E-state index in [1.807, 2.05) is 13.8 Å². The van der Waals surface area contributed by atoms with Crippen LogP contribution in [0.15, 0.2) is 18.2 Å². The number of hydrogen-bond acceptors (Lipinski definition) is 4. The van der Waals surface area contributed by atoms with Gasteiger partial charge in [-0.1, -0.05) is 37.0 Å². The molecule has 2 atom stereocenters. The van der Waals surface area contributed by atoms with Gasteiger partial charge in [0.15, 0.2) is 6.10 Å². The maximum Gasteiger partial charge on any atom is 0.329 e. The van der Waals surface area contributed by atoms with Crippen LogP contribution in [0.5, 0.6) is 0 Å². The van der Waals surface area contributed by atoms with Gasteiger partial charge in [0.2, 0.25) is 0 Å². The largest absolute Gasteiger partial charge is 0.451 e. The Kier molecular flexibility index (Phi) is 7.51. The summed E-state index contributed by atoms with van der Waals surface area (Å²) in [7, 11) is 0. The highest BCUT2D eigenvalue weighted by Crippen LogP contribution is 2.21. The third-order valence-electron chi connectivity index (χ3n) is 3.17. The van der Waals surface area contributed by atoms with Crippen LogP contribution in [0.4, 0.5) is 0 Å². The number of carbonyl (C=O) groups excluding carboxylic acids is 3. The van der Waals surface area contributed by atoms with Gasteiger partial charge in [-0.2, -0.15) is 0 Å². The third-order valence-corrected chi connectivity index (χ3v) is 3.71. The normalized spacial score (nSPS) is 13.2. The van der Waals surface area contributed by atoms with E-state index in [4.69, 9.17) is 33.7 Å². The lowest BCUT2D eigenvalue weighted by atomic mass is 10.0. The van der Waals surface area contributed by atoms with Gasteiger partial charge in [-0.15, -0.1) is 0 Å². The lowest BCUT2D eigenvalue weighted by Crippen LogP contribution is -2.45. The van der Waals surface area contributed by atoms with E-state index in [2.05, 4.69) is 5.32 Å². The maximum absolute atomic E-state index is 12.4. The number of nitrogens with one attached hydrogen (secondary N) is 1. The zero-order valence-electron chi connectivity index (χ0n) is 13.6. The summed E-state index contributed by atoms with van der Waals surface area (Å²) in [5.41, 5.74) is 5.26. The van der Waals surface area contributed by atoms with Gasteiger partial charge in [0.1, 0.15) is 6.04 Å². The number of primary amides is 1. The number of hydrogen-bond donors (Lipinski definition) is 2. The van der Waals surface area contributed by atoms with E-state index in [0.717, 1.165) is 0 Å². The van der Waals surface area contributed by atoms with Crippen molar-refractivity contribution in [2.45, 2.75) is 39.3 Å². The smallest absolute Gasteiger partial charge is 0.329 e. The molecule has 0 unspecified atom stereocenters. The monoisotopic (exact) mass is 374 g/mol. The van der Waals surface area contributed by atoms with Gasteiger partial charge < -0.3 is 15.8 Å². The number of halogens is 2. The zero-order valence-corrected chi connectivity index (χ0v) is 15.1. The molecule has 2 amide bonds. The molecule has 0 bridgehead atoms. The number of nitrogens with two attached hydrogens (primary N) is 1. The third kappa shape index (κ3) is 6.02. The Bertz CT molecular complexity index is 635. The first-order chi connectivity index (χ1) is 11.1. The zero-order chi connectivity index (χ0) is 18.4. The summed E-state index contributed by atoms with van der Waals surface area (Å²) >= 11 is 11.8. The fourth-order valence-electron chi connectivity index (χ4n) is 1.91. The molecule has 132 valence electrons. The minimum atomic E-state index is -1.08. The van der Waals surface area contributed by atoms with Crippen molar-refractivity contribution in [3.05, 3.63) is 33.8 Å². The standard InChI is InChI=1S/C16H20Cl2N2O4/c1-8(2)6-13(16(23)24-9(3)14(19)21)20-15(22)11-5-4-10(17)7-12(11)18/h4-5,7-9,13H,6H2,1-3H3,(H2,19,21)(H,20,22)/t9-,13+/m0/s1. The molecular formula is C16H20Cl2N2O4. The second kappa shape index (κ2) is 8.89. The molecule has 1 rings (SSSR count). The highest BCUT2D eigenvalue weighted by Gasteiger charge is 2.27. The van der Waals surface area contributed by atoms with Crippen LogP contribution in [0, 0.1) is 5.92 Å². The topological polar surface area (TPSA) is 98.5 Å². The molecule has 0 fully saturated rings. The van der Waals surface area contributed by atoms with Crippen LogP contribution in [-0.4, -0.2) is 29.9 Å². The molecule has 0 aliphatic carbocycles. The molecule has 3 N–H and O–H groups in total. The van der Waals surface area contributed by atoms with Gasteiger partial charge in [0, 0.05) is 5.02 Å². The minimum absolute atomic E-state index is 0.104. The molecule has 8 heteroatoms. The van der Waals surface area contributed by atoms with Crippen LogP contribution in [0.3, 0.4) is 0 Å². The molecule has 0 aliphatic heterocycles. The van der Waals surface area contributed by atoms with E-state index < -0.39 is 29.9 Å². The average molecular weight is 375 g/mol. The highest BCUT2D eigenvalue weighted by atomic mass is 35.5. The Morgan fingerprint density at radius 3 is 2.33 bits per heavy atom. The van der Waals surface area contributed by atoms with Crippen molar-refractivity contribution in [3.63, 3.8) is 0 Å². The number of amides is 2. The molecule has 1 aromatic carbocycles. The Hall–Kier alpha value is -1.79. The van der Waals surface area contributed by atoms with Crippen molar-refractivity contribution < 1.29 is 19.1 Å². The maximum atomic E-state index is 12.4. The molecule has 0 aromatic heterocycles. The van der Waals surface area contributed by atoms with Crippen molar-refractivity contribution >= 4 is 41.0 Å². The average Bonchev–Trinajstić information content (AvgIpc) is 2.45. The number of esters is 1. The predicted molar refractivity (Wildman–Crippen MR) is 91.9 cm³/mol. The molecule has 0 spiro atoms. The van der Waals surface area contributed by atoms with Crippen LogP contribution in [0.1, 0.15) is 37.6 Å². The van der Waals surface area contributed by atoms with Gasteiger partial charge in [0.25, 0.3) is 11.8 Å². The molecule has 0 saturated carbocycles. The van der Waals surface area contributed by atoms with Crippen molar-refractivity contribution in [2.75, 3.05) is 0 Å². The fourth-order valence-corrected chi connectivity index (χ4v) is 2.40. The second-order valence-electron chi connectivity index (χ2n) is 5.76. The summed E-state index contributed by atoms with van der Waals surface area (Å²) < 4.78 is 4.98. The van der Waals surface area contributed by atoms with Gasteiger partial charge in [0.05, 0.1) is 10.6 Å². The quantitative estimate of drug-likeness (QED) is 0.716. The Morgan fingerprint density at radius 2 is 1.83 bits per heavy atom. The number of benzene rings is 1. The van der Waals surface area contributed by atoms with Crippen LogP contribution in [-0.2, 0) is 14.3 Å². The first-order valence-corrected chi connectivity index (χ1v) is 8.13. The Labute approximate surface area is 150 Å². The molecule has 1 aromatic rings.